The summed E-state index contributed by atoms with van der Waals surface area (Å²) in [5, 5.41) is 3.14. The van der Waals surface area contributed by atoms with E-state index in [9.17, 15) is 4.39 Å². The molecule has 2 aromatic rings. The van der Waals surface area contributed by atoms with Crippen molar-refractivity contribution < 1.29 is 9.13 Å². The van der Waals surface area contributed by atoms with Crippen LogP contribution in [0.5, 0.6) is 5.75 Å². The molecular weight excluding hydrogens is 257 g/mol. The Balaban J connectivity index is 2.19. The van der Waals surface area contributed by atoms with E-state index < -0.39 is 0 Å². The fourth-order valence-electron chi connectivity index (χ4n) is 2.04. The summed E-state index contributed by atoms with van der Waals surface area (Å²) in [5.41, 5.74) is 1.60. The van der Waals surface area contributed by atoms with E-state index >= 15 is 0 Å². The molecule has 0 spiro atoms. The SMILES string of the molecule is CCCn1cc(C)nc1Nc1ccc(OCC)c(F)c1. The number of hydrogen-bond donors (Lipinski definition) is 1. The highest BCUT2D eigenvalue weighted by Gasteiger charge is 2.08. The van der Waals surface area contributed by atoms with Crippen molar-refractivity contribution in [2.45, 2.75) is 33.7 Å². The van der Waals surface area contributed by atoms with Crippen LogP contribution in [0.2, 0.25) is 0 Å². The van der Waals surface area contributed by atoms with Crippen LogP contribution in [0.3, 0.4) is 0 Å². The Hall–Kier alpha value is -2.04. The van der Waals surface area contributed by atoms with Gasteiger partial charge in [-0.2, -0.15) is 0 Å². The van der Waals surface area contributed by atoms with Crippen LogP contribution in [0.25, 0.3) is 0 Å². The van der Waals surface area contributed by atoms with Gasteiger partial charge in [0.1, 0.15) is 0 Å². The van der Waals surface area contributed by atoms with Gasteiger partial charge in [0.05, 0.1) is 12.3 Å². The minimum Gasteiger partial charge on any atom is -0.491 e. The smallest absolute Gasteiger partial charge is 0.207 e. The van der Waals surface area contributed by atoms with Crippen LogP contribution in [0.15, 0.2) is 24.4 Å². The first-order chi connectivity index (χ1) is 9.63. The van der Waals surface area contributed by atoms with Gasteiger partial charge in [0.2, 0.25) is 5.95 Å². The summed E-state index contributed by atoms with van der Waals surface area (Å²) in [6.45, 7) is 7.20. The molecule has 0 aliphatic carbocycles. The fraction of sp³-hybridized carbons (Fsp3) is 0.400. The summed E-state index contributed by atoms with van der Waals surface area (Å²) in [5.74, 6) is 0.626. The first-order valence-corrected chi connectivity index (χ1v) is 6.87. The first-order valence-electron chi connectivity index (χ1n) is 6.87. The van der Waals surface area contributed by atoms with Crippen LogP contribution in [-0.2, 0) is 6.54 Å². The van der Waals surface area contributed by atoms with Crippen molar-refractivity contribution in [1.82, 2.24) is 9.55 Å². The summed E-state index contributed by atoms with van der Waals surface area (Å²) in [7, 11) is 0. The van der Waals surface area contributed by atoms with Crippen molar-refractivity contribution >= 4 is 11.6 Å². The summed E-state index contributed by atoms with van der Waals surface area (Å²) in [6, 6.07) is 4.83. The lowest BCUT2D eigenvalue weighted by atomic mass is 10.3. The maximum atomic E-state index is 13.8. The predicted molar refractivity (Wildman–Crippen MR) is 78.1 cm³/mol. The Labute approximate surface area is 118 Å². The molecule has 0 fully saturated rings. The Kier molecular flexibility index (Phi) is 4.61. The molecule has 108 valence electrons. The van der Waals surface area contributed by atoms with Crippen molar-refractivity contribution in [2.75, 3.05) is 11.9 Å². The number of aromatic nitrogens is 2. The van der Waals surface area contributed by atoms with Crippen molar-refractivity contribution in [3.63, 3.8) is 0 Å². The Morgan fingerprint density at radius 3 is 2.80 bits per heavy atom. The Morgan fingerprint density at radius 1 is 1.35 bits per heavy atom. The van der Waals surface area contributed by atoms with Crippen LogP contribution < -0.4 is 10.1 Å². The molecule has 5 heteroatoms. The lowest BCUT2D eigenvalue weighted by molar-refractivity contribution is 0.321. The molecule has 1 N–H and O–H groups in total. The van der Waals surface area contributed by atoms with Gasteiger partial charge in [0.25, 0.3) is 0 Å². The monoisotopic (exact) mass is 277 g/mol. The van der Waals surface area contributed by atoms with Crippen molar-refractivity contribution in [1.29, 1.82) is 0 Å². The molecule has 4 nitrogen and oxygen atoms in total. The molecule has 2 rings (SSSR count). The van der Waals surface area contributed by atoms with Crippen LogP contribution in [0.1, 0.15) is 26.0 Å². The molecule has 0 saturated heterocycles. The number of aryl methyl sites for hydroxylation is 2. The van der Waals surface area contributed by atoms with Gasteiger partial charge in [-0.25, -0.2) is 9.37 Å². The standard InChI is InChI=1S/C15H20FN3O/c1-4-8-19-10-11(3)17-15(19)18-12-6-7-14(20-5-2)13(16)9-12/h6-7,9-10H,4-5,8H2,1-3H3,(H,17,18). The third kappa shape index (κ3) is 3.29. The number of ether oxygens (including phenoxy) is 1. The highest BCUT2D eigenvalue weighted by atomic mass is 19.1. The normalized spacial score (nSPS) is 10.6. The van der Waals surface area contributed by atoms with Gasteiger partial charge in [0, 0.05) is 24.5 Å². The van der Waals surface area contributed by atoms with Crippen LogP contribution >= 0.6 is 0 Å². The molecule has 0 radical (unpaired) electrons. The number of hydrogen-bond acceptors (Lipinski definition) is 3. The largest absolute Gasteiger partial charge is 0.491 e. The van der Waals surface area contributed by atoms with E-state index in [1.54, 1.807) is 12.1 Å². The van der Waals surface area contributed by atoms with Crippen LogP contribution in [0.4, 0.5) is 16.0 Å². The van der Waals surface area contributed by atoms with E-state index in [-0.39, 0.29) is 11.6 Å². The Bertz CT molecular complexity index is 580. The summed E-state index contributed by atoms with van der Waals surface area (Å²) in [4.78, 5) is 4.41. The highest BCUT2D eigenvalue weighted by Crippen LogP contribution is 2.23. The van der Waals surface area contributed by atoms with Gasteiger partial charge in [-0.1, -0.05) is 6.92 Å². The summed E-state index contributed by atoms with van der Waals surface area (Å²) < 4.78 is 21.0. The third-order valence-corrected chi connectivity index (χ3v) is 2.85. The summed E-state index contributed by atoms with van der Waals surface area (Å²) in [6.07, 6.45) is 3.00. The van der Waals surface area contributed by atoms with Crippen LogP contribution in [0, 0.1) is 12.7 Å². The van der Waals surface area contributed by atoms with E-state index in [0.29, 0.717) is 12.3 Å². The number of anilines is 2. The molecule has 0 bridgehead atoms. The molecule has 0 unspecified atom stereocenters. The summed E-state index contributed by atoms with van der Waals surface area (Å²) >= 11 is 0. The average Bonchev–Trinajstić information content (AvgIpc) is 2.74. The van der Waals surface area contributed by atoms with Gasteiger partial charge in [0.15, 0.2) is 11.6 Å². The minimum absolute atomic E-state index is 0.270. The van der Waals surface area contributed by atoms with Gasteiger partial charge >= 0.3 is 0 Å². The lowest BCUT2D eigenvalue weighted by Gasteiger charge is -2.10. The Morgan fingerprint density at radius 2 is 2.15 bits per heavy atom. The number of rotatable bonds is 6. The fourth-order valence-corrected chi connectivity index (χ4v) is 2.04. The molecule has 1 aromatic heterocycles. The third-order valence-electron chi connectivity index (χ3n) is 2.85. The molecule has 0 amide bonds. The second-order valence-electron chi connectivity index (χ2n) is 4.60. The van der Waals surface area contributed by atoms with Crippen molar-refractivity contribution in [3.8, 4) is 5.75 Å². The zero-order valence-electron chi connectivity index (χ0n) is 12.1. The second kappa shape index (κ2) is 6.41. The van der Waals surface area contributed by atoms with E-state index in [1.807, 2.05) is 24.6 Å². The first kappa shape index (κ1) is 14.4. The van der Waals surface area contributed by atoms with Crippen molar-refractivity contribution in [2.24, 2.45) is 0 Å². The number of imidazole rings is 1. The maximum absolute atomic E-state index is 13.8. The van der Waals surface area contributed by atoms with Crippen LogP contribution in [-0.4, -0.2) is 16.2 Å². The van der Waals surface area contributed by atoms with Gasteiger partial charge in [-0.05, 0) is 32.4 Å². The molecule has 0 saturated carbocycles. The van der Waals surface area contributed by atoms with Gasteiger partial charge in [-0.3, -0.25) is 0 Å². The second-order valence-corrected chi connectivity index (χ2v) is 4.60. The number of benzene rings is 1. The molecule has 0 atom stereocenters. The quantitative estimate of drug-likeness (QED) is 0.870. The maximum Gasteiger partial charge on any atom is 0.207 e. The molecule has 1 heterocycles. The number of halogens is 1. The van der Waals surface area contributed by atoms with Gasteiger partial charge in [-0.15, -0.1) is 0 Å². The number of nitrogens with zero attached hydrogens (tertiary/aromatic N) is 2. The van der Waals surface area contributed by atoms with Gasteiger partial charge < -0.3 is 14.6 Å². The zero-order chi connectivity index (χ0) is 14.5. The predicted octanol–water partition coefficient (Wildman–Crippen LogP) is 3.88. The van der Waals surface area contributed by atoms with E-state index in [0.717, 1.165) is 24.6 Å². The van der Waals surface area contributed by atoms with E-state index in [1.165, 1.54) is 6.07 Å². The molecule has 0 aliphatic heterocycles. The van der Waals surface area contributed by atoms with E-state index in [2.05, 4.69) is 17.2 Å². The topological polar surface area (TPSA) is 39.1 Å². The molecular formula is C15H20FN3O. The minimum atomic E-state index is -0.373. The molecule has 20 heavy (non-hydrogen) atoms. The van der Waals surface area contributed by atoms with E-state index in [4.69, 9.17) is 4.74 Å². The average molecular weight is 277 g/mol. The highest BCUT2D eigenvalue weighted by molar-refractivity contribution is 5.55. The molecule has 1 aromatic carbocycles. The zero-order valence-corrected chi connectivity index (χ0v) is 12.1. The number of nitrogens with one attached hydrogen (secondary N) is 1. The lowest BCUT2D eigenvalue weighted by Crippen LogP contribution is -2.03. The molecule has 0 aliphatic rings. The van der Waals surface area contributed by atoms with Crippen molar-refractivity contribution in [3.05, 3.63) is 35.9 Å².